The summed E-state index contributed by atoms with van der Waals surface area (Å²) in [6.45, 7) is 11.9. The van der Waals surface area contributed by atoms with Gasteiger partial charge in [-0.3, -0.25) is 10.1 Å². The first-order chi connectivity index (χ1) is 11.4. The number of urea groups is 1. The van der Waals surface area contributed by atoms with Gasteiger partial charge in [0, 0.05) is 11.5 Å². The van der Waals surface area contributed by atoms with Gasteiger partial charge in [0.25, 0.3) is 0 Å². The SMILES string of the molecule is CC(NC(=O)Nc1ccc(C(C)(C)C)nn1)[C@@H]1C[C@H](C(=O)O)C1(C)C. The smallest absolute Gasteiger partial charge is 0.320 e. The van der Waals surface area contributed by atoms with Crippen LogP contribution in [0.4, 0.5) is 10.6 Å². The van der Waals surface area contributed by atoms with Crippen LogP contribution < -0.4 is 10.6 Å². The highest BCUT2D eigenvalue weighted by molar-refractivity contribution is 5.88. The number of amides is 2. The number of hydrogen-bond acceptors (Lipinski definition) is 4. The lowest BCUT2D eigenvalue weighted by molar-refractivity contribution is -0.160. The van der Waals surface area contributed by atoms with Gasteiger partial charge in [-0.25, -0.2) is 4.79 Å². The van der Waals surface area contributed by atoms with Crippen LogP contribution in [-0.4, -0.2) is 33.3 Å². The Labute approximate surface area is 148 Å². The lowest BCUT2D eigenvalue weighted by Crippen LogP contribution is -2.57. The molecule has 0 radical (unpaired) electrons. The Morgan fingerprint density at radius 3 is 2.36 bits per heavy atom. The van der Waals surface area contributed by atoms with Gasteiger partial charge < -0.3 is 10.4 Å². The maximum absolute atomic E-state index is 12.2. The zero-order valence-corrected chi connectivity index (χ0v) is 15.8. The third kappa shape index (κ3) is 4.08. The average molecular weight is 348 g/mol. The Bertz CT molecular complexity index is 649. The molecule has 138 valence electrons. The molecule has 25 heavy (non-hydrogen) atoms. The third-order valence-corrected chi connectivity index (χ3v) is 5.28. The van der Waals surface area contributed by atoms with Crippen LogP contribution >= 0.6 is 0 Å². The molecule has 3 N–H and O–H groups in total. The molecule has 1 heterocycles. The number of carbonyl (C=O) groups excluding carboxylic acids is 1. The molecular weight excluding hydrogens is 320 g/mol. The lowest BCUT2D eigenvalue weighted by atomic mass is 9.53. The normalized spacial score (nSPS) is 23.3. The van der Waals surface area contributed by atoms with Crippen molar-refractivity contribution in [3.05, 3.63) is 17.8 Å². The van der Waals surface area contributed by atoms with Crippen LogP contribution in [-0.2, 0) is 10.2 Å². The summed E-state index contributed by atoms with van der Waals surface area (Å²) < 4.78 is 0. The second kappa shape index (κ2) is 6.61. The van der Waals surface area contributed by atoms with Gasteiger partial charge in [0.05, 0.1) is 11.6 Å². The highest BCUT2D eigenvalue weighted by Crippen LogP contribution is 2.52. The zero-order chi connectivity index (χ0) is 19.0. The van der Waals surface area contributed by atoms with E-state index in [0.717, 1.165) is 5.69 Å². The number of anilines is 1. The van der Waals surface area contributed by atoms with Crippen LogP contribution in [0.2, 0.25) is 0 Å². The molecule has 1 aliphatic carbocycles. The summed E-state index contributed by atoms with van der Waals surface area (Å²) in [6.07, 6.45) is 0.573. The van der Waals surface area contributed by atoms with Gasteiger partial charge >= 0.3 is 12.0 Å². The summed E-state index contributed by atoms with van der Waals surface area (Å²) in [5.74, 6) is -0.629. The Morgan fingerprint density at radius 2 is 1.92 bits per heavy atom. The van der Waals surface area contributed by atoms with Gasteiger partial charge in [-0.05, 0) is 36.8 Å². The molecular formula is C18H28N4O3. The van der Waals surface area contributed by atoms with Gasteiger partial charge in [0.15, 0.2) is 5.82 Å². The maximum atomic E-state index is 12.2. The molecule has 1 unspecified atom stereocenters. The fourth-order valence-electron chi connectivity index (χ4n) is 3.49. The monoisotopic (exact) mass is 348 g/mol. The Hall–Kier alpha value is -2.18. The van der Waals surface area contributed by atoms with Gasteiger partial charge in [-0.1, -0.05) is 34.6 Å². The van der Waals surface area contributed by atoms with Crippen molar-refractivity contribution in [2.24, 2.45) is 17.3 Å². The van der Waals surface area contributed by atoms with Crippen molar-refractivity contribution < 1.29 is 14.7 Å². The highest BCUT2D eigenvalue weighted by atomic mass is 16.4. The zero-order valence-electron chi connectivity index (χ0n) is 15.8. The number of rotatable bonds is 4. The minimum atomic E-state index is -0.771. The molecule has 0 bridgehead atoms. The van der Waals surface area contributed by atoms with E-state index in [1.54, 1.807) is 6.07 Å². The Balaban J connectivity index is 1.91. The van der Waals surface area contributed by atoms with E-state index in [0.29, 0.717) is 12.2 Å². The van der Waals surface area contributed by atoms with Gasteiger partial charge in [-0.15, -0.1) is 5.10 Å². The number of nitrogens with zero attached hydrogens (tertiary/aromatic N) is 2. The molecule has 1 saturated carbocycles. The largest absolute Gasteiger partial charge is 0.481 e. The van der Waals surface area contributed by atoms with Gasteiger partial charge in [0.2, 0.25) is 0 Å². The maximum Gasteiger partial charge on any atom is 0.320 e. The molecule has 3 atom stereocenters. The van der Waals surface area contributed by atoms with Crippen LogP contribution in [0.25, 0.3) is 0 Å². The van der Waals surface area contributed by atoms with E-state index in [9.17, 15) is 14.7 Å². The standard InChI is InChI=1S/C18H28N4O3/c1-10(11-9-12(15(23)24)18(11,5)6)19-16(25)20-14-8-7-13(21-22-14)17(2,3)4/h7-8,10-12H,9H2,1-6H3,(H,23,24)(H2,19,20,22,25)/t10?,11-,12+/m0/s1. The molecule has 0 aliphatic heterocycles. The first-order valence-corrected chi connectivity index (χ1v) is 8.57. The molecule has 2 rings (SSSR count). The third-order valence-electron chi connectivity index (χ3n) is 5.28. The number of aromatic nitrogens is 2. The molecule has 1 aromatic rings. The van der Waals surface area contributed by atoms with Crippen molar-refractivity contribution in [2.75, 3.05) is 5.32 Å². The van der Waals surface area contributed by atoms with E-state index in [1.165, 1.54) is 0 Å². The summed E-state index contributed by atoms with van der Waals surface area (Å²) in [7, 11) is 0. The predicted octanol–water partition coefficient (Wildman–Crippen LogP) is 3.03. The molecule has 1 aliphatic rings. The van der Waals surface area contributed by atoms with E-state index in [4.69, 9.17) is 0 Å². The first kappa shape index (κ1) is 19.1. The van der Waals surface area contributed by atoms with Gasteiger partial charge in [0.1, 0.15) is 0 Å². The summed E-state index contributed by atoms with van der Waals surface area (Å²) in [4.78, 5) is 23.4. The number of carboxylic acids is 1. The summed E-state index contributed by atoms with van der Waals surface area (Å²) in [6, 6.07) is 3.08. The number of carbonyl (C=O) groups is 2. The predicted molar refractivity (Wildman–Crippen MR) is 95.4 cm³/mol. The second-order valence-corrected chi connectivity index (χ2v) is 8.50. The van der Waals surface area contributed by atoms with E-state index in [1.807, 2.05) is 47.6 Å². The van der Waals surface area contributed by atoms with Crippen LogP contribution in [0.5, 0.6) is 0 Å². The number of hydrogen-bond donors (Lipinski definition) is 3. The summed E-state index contributed by atoms with van der Waals surface area (Å²) in [5.41, 5.74) is 0.411. The van der Waals surface area contributed by atoms with Crippen molar-refractivity contribution >= 4 is 17.8 Å². The topological polar surface area (TPSA) is 104 Å². The summed E-state index contributed by atoms with van der Waals surface area (Å²) in [5, 5.41) is 22.9. The minimum absolute atomic E-state index is 0.0984. The number of aliphatic carboxylic acids is 1. The van der Waals surface area contributed by atoms with E-state index in [2.05, 4.69) is 20.8 Å². The molecule has 0 aromatic carbocycles. The minimum Gasteiger partial charge on any atom is -0.481 e. The first-order valence-electron chi connectivity index (χ1n) is 8.57. The van der Waals surface area contributed by atoms with Crippen molar-refractivity contribution in [3.63, 3.8) is 0 Å². The van der Waals surface area contributed by atoms with Crippen molar-refractivity contribution in [2.45, 2.75) is 59.4 Å². The second-order valence-electron chi connectivity index (χ2n) is 8.50. The molecule has 1 fully saturated rings. The van der Waals surface area contributed by atoms with Gasteiger partial charge in [-0.2, -0.15) is 5.10 Å². The van der Waals surface area contributed by atoms with E-state index in [-0.39, 0.29) is 34.7 Å². The molecule has 7 nitrogen and oxygen atoms in total. The summed E-state index contributed by atoms with van der Waals surface area (Å²) >= 11 is 0. The van der Waals surface area contributed by atoms with Crippen LogP contribution in [0.1, 0.15) is 53.7 Å². The average Bonchev–Trinajstić information content (AvgIpc) is 2.45. The molecule has 0 spiro atoms. The Kier molecular flexibility index (Phi) is 5.06. The van der Waals surface area contributed by atoms with Crippen molar-refractivity contribution in [1.29, 1.82) is 0 Å². The molecule has 0 saturated heterocycles. The fourth-order valence-corrected chi connectivity index (χ4v) is 3.49. The number of nitrogens with one attached hydrogen (secondary N) is 2. The van der Waals surface area contributed by atoms with Crippen LogP contribution in [0.15, 0.2) is 12.1 Å². The quantitative estimate of drug-likeness (QED) is 0.776. The molecule has 1 aromatic heterocycles. The van der Waals surface area contributed by atoms with Crippen molar-refractivity contribution in [1.82, 2.24) is 15.5 Å². The van der Waals surface area contributed by atoms with Crippen LogP contribution in [0, 0.1) is 17.3 Å². The lowest BCUT2D eigenvalue weighted by Gasteiger charge is -2.52. The number of carboxylic acid groups (broad SMARTS) is 1. The highest BCUT2D eigenvalue weighted by Gasteiger charge is 2.53. The van der Waals surface area contributed by atoms with Crippen molar-refractivity contribution in [3.8, 4) is 0 Å². The van der Waals surface area contributed by atoms with Crippen LogP contribution in [0.3, 0.4) is 0 Å². The molecule has 2 amide bonds. The Morgan fingerprint density at radius 1 is 1.28 bits per heavy atom. The molecule has 7 heteroatoms. The van der Waals surface area contributed by atoms with E-state index >= 15 is 0 Å². The fraction of sp³-hybridized carbons (Fsp3) is 0.667. The van der Waals surface area contributed by atoms with E-state index < -0.39 is 5.97 Å².